The Kier molecular flexibility index (Phi) is 4.43. The first-order valence-corrected chi connectivity index (χ1v) is 9.78. The van der Waals surface area contributed by atoms with E-state index in [1.54, 1.807) is 24.3 Å². The van der Waals surface area contributed by atoms with Gasteiger partial charge in [0.25, 0.3) is 11.8 Å². The second kappa shape index (κ2) is 6.37. The van der Waals surface area contributed by atoms with Gasteiger partial charge in [0.2, 0.25) is 9.05 Å². The highest BCUT2D eigenvalue weighted by atomic mass is 35.7. The number of rotatable bonds is 5. The second-order valence-electron chi connectivity index (χ2n) is 5.57. The normalized spacial score (nSPS) is 15.5. The van der Waals surface area contributed by atoms with Crippen molar-refractivity contribution in [3.8, 4) is 0 Å². The molecule has 2 aromatic rings. The van der Waals surface area contributed by atoms with Crippen LogP contribution in [-0.4, -0.2) is 36.9 Å². The monoisotopic (exact) mass is 363 g/mol. The summed E-state index contributed by atoms with van der Waals surface area (Å²) in [6.07, 6.45) is 0.220. The van der Waals surface area contributed by atoms with Crippen LogP contribution < -0.4 is 0 Å². The van der Waals surface area contributed by atoms with E-state index in [0.29, 0.717) is 0 Å². The molecule has 1 heterocycles. The van der Waals surface area contributed by atoms with E-state index in [0.717, 1.165) is 10.5 Å². The summed E-state index contributed by atoms with van der Waals surface area (Å²) < 4.78 is 23.2. The molecule has 0 saturated carbocycles. The second-order valence-corrected chi connectivity index (χ2v) is 8.40. The lowest BCUT2D eigenvalue weighted by molar-refractivity contribution is 0.0599. The number of halogens is 1. The van der Waals surface area contributed by atoms with E-state index in [1.807, 2.05) is 30.3 Å². The third kappa shape index (κ3) is 3.34. The highest BCUT2D eigenvalue weighted by Crippen LogP contribution is 2.27. The number of carbonyl (C=O) groups is 2. The van der Waals surface area contributed by atoms with Crippen LogP contribution in [0.1, 0.15) is 26.3 Å². The largest absolute Gasteiger partial charge is 0.270 e. The summed E-state index contributed by atoms with van der Waals surface area (Å²) in [6, 6.07) is 14.7. The molecule has 2 aromatic carbocycles. The molecule has 3 rings (SSSR count). The first kappa shape index (κ1) is 16.7. The average molecular weight is 364 g/mol. The average Bonchev–Trinajstić information content (AvgIpc) is 2.78. The smallest absolute Gasteiger partial charge is 0.261 e. The first-order chi connectivity index (χ1) is 11.4. The number of carbonyl (C=O) groups excluding carboxylic acids is 2. The fourth-order valence-electron chi connectivity index (χ4n) is 2.88. The van der Waals surface area contributed by atoms with Crippen LogP contribution in [0.15, 0.2) is 54.6 Å². The number of fused-ring (bicyclic) bond motifs is 1. The maximum atomic E-state index is 12.6. The molecular formula is C17H14ClNO4S. The van der Waals surface area contributed by atoms with Crippen LogP contribution in [0.25, 0.3) is 0 Å². The van der Waals surface area contributed by atoms with Crippen molar-refractivity contribution in [2.75, 3.05) is 5.75 Å². The van der Waals surface area contributed by atoms with Crippen molar-refractivity contribution in [3.63, 3.8) is 0 Å². The minimum absolute atomic E-state index is 0.220. The summed E-state index contributed by atoms with van der Waals surface area (Å²) in [5, 5.41) is 0. The summed E-state index contributed by atoms with van der Waals surface area (Å²) in [5.74, 6) is -1.47. The number of amides is 2. The predicted molar refractivity (Wildman–Crippen MR) is 90.5 cm³/mol. The molecule has 124 valence electrons. The summed E-state index contributed by atoms with van der Waals surface area (Å²) in [7, 11) is 1.51. The Morgan fingerprint density at radius 3 is 1.88 bits per heavy atom. The van der Waals surface area contributed by atoms with Gasteiger partial charge in [-0.3, -0.25) is 14.5 Å². The molecule has 2 amide bonds. The summed E-state index contributed by atoms with van der Waals surface area (Å²) in [4.78, 5) is 26.2. The molecule has 1 aliphatic heterocycles. The molecule has 0 fully saturated rings. The molecular weight excluding hydrogens is 350 g/mol. The third-order valence-corrected chi connectivity index (χ3v) is 5.06. The number of benzene rings is 2. The van der Waals surface area contributed by atoms with Crippen molar-refractivity contribution < 1.29 is 18.0 Å². The summed E-state index contributed by atoms with van der Waals surface area (Å²) >= 11 is 0. The van der Waals surface area contributed by atoms with Crippen LogP contribution in [0, 0.1) is 0 Å². The van der Waals surface area contributed by atoms with Crippen molar-refractivity contribution in [3.05, 3.63) is 71.3 Å². The molecule has 0 radical (unpaired) electrons. The van der Waals surface area contributed by atoms with Crippen LogP contribution in [0.5, 0.6) is 0 Å². The topological polar surface area (TPSA) is 71.5 Å². The Hall–Kier alpha value is -2.18. The van der Waals surface area contributed by atoms with Crippen molar-refractivity contribution >= 4 is 31.5 Å². The van der Waals surface area contributed by atoms with Gasteiger partial charge in [-0.25, -0.2) is 8.42 Å². The lowest BCUT2D eigenvalue weighted by Crippen LogP contribution is -2.44. The zero-order chi connectivity index (χ0) is 17.3. The molecule has 0 unspecified atom stereocenters. The molecule has 1 atom stereocenters. The van der Waals surface area contributed by atoms with Gasteiger partial charge in [0, 0.05) is 10.7 Å². The van der Waals surface area contributed by atoms with Gasteiger partial charge in [0.05, 0.1) is 22.9 Å². The Morgan fingerprint density at radius 2 is 1.38 bits per heavy atom. The quantitative estimate of drug-likeness (QED) is 0.604. The van der Waals surface area contributed by atoms with E-state index < -0.39 is 32.7 Å². The van der Waals surface area contributed by atoms with Crippen LogP contribution in [-0.2, 0) is 15.5 Å². The number of imide groups is 1. The van der Waals surface area contributed by atoms with Crippen LogP contribution in [0.3, 0.4) is 0 Å². The van der Waals surface area contributed by atoms with E-state index in [1.165, 1.54) is 0 Å². The Labute approximate surface area is 144 Å². The van der Waals surface area contributed by atoms with E-state index in [2.05, 4.69) is 0 Å². The number of hydrogen-bond acceptors (Lipinski definition) is 4. The van der Waals surface area contributed by atoms with E-state index in [-0.39, 0.29) is 17.5 Å². The Morgan fingerprint density at radius 1 is 0.875 bits per heavy atom. The first-order valence-electron chi connectivity index (χ1n) is 7.30. The van der Waals surface area contributed by atoms with Crippen molar-refractivity contribution in [1.82, 2.24) is 4.90 Å². The van der Waals surface area contributed by atoms with Gasteiger partial charge in [-0.05, 0) is 24.1 Å². The number of hydrogen-bond donors (Lipinski definition) is 0. The van der Waals surface area contributed by atoms with Gasteiger partial charge in [-0.15, -0.1) is 0 Å². The molecule has 7 heteroatoms. The molecule has 0 aliphatic carbocycles. The predicted octanol–water partition coefficient (Wildman–Crippen LogP) is 2.46. The van der Waals surface area contributed by atoms with Crippen LogP contribution in [0.4, 0.5) is 0 Å². The minimum Gasteiger partial charge on any atom is -0.270 e. The fraction of sp³-hybridized carbons (Fsp3) is 0.176. The Bertz CT molecular complexity index is 861. The highest BCUT2D eigenvalue weighted by molar-refractivity contribution is 8.13. The maximum absolute atomic E-state index is 12.6. The lowest BCUT2D eigenvalue weighted by Gasteiger charge is -2.25. The molecule has 0 spiro atoms. The van der Waals surface area contributed by atoms with Gasteiger partial charge in [0.1, 0.15) is 0 Å². The standard InChI is InChI=1S/C17H14ClNO4S/c18-24(22,23)11-13(10-12-6-2-1-3-7-12)19-16(20)14-8-4-5-9-15(14)17(19)21/h1-9,13H,10-11H2/t13-/m1/s1. The van der Waals surface area contributed by atoms with Crippen LogP contribution >= 0.6 is 10.7 Å². The van der Waals surface area contributed by atoms with Gasteiger partial charge in [-0.1, -0.05) is 42.5 Å². The Balaban J connectivity index is 1.97. The van der Waals surface area contributed by atoms with Crippen molar-refractivity contribution in [2.24, 2.45) is 0 Å². The fourth-order valence-corrected chi connectivity index (χ4v) is 4.04. The molecule has 0 N–H and O–H groups in total. The van der Waals surface area contributed by atoms with Gasteiger partial charge in [0.15, 0.2) is 0 Å². The molecule has 5 nitrogen and oxygen atoms in total. The van der Waals surface area contributed by atoms with E-state index in [9.17, 15) is 18.0 Å². The zero-order valence-corrected chi connectivity index (χ0v) is 14.1. The molecule has 0 aromatic heterocycles. The third-order valence-electron chi connectivity index (χ3n) is 3.90. The van der Waals surface area contributed by atoms with E-state index in [4.69, 9.17) is 10.7 Å². The van der Waals surface area contributed by atoms with Gasteiger partial charge >= 0.3 is 0 Å². The summed E-state index contributed by atoms with van der Waals surface area (Å²) in [6.45, 7) is 0. The minimum atomic E-state index is -3.89. The highest BCUT2D eigenvalue weighted by Gasteiger charge is 2.41. The van der Waals surface area contributed by atoms with Crippen LogP contribution in [0.2, 0.25) is 0 Å². The zero-order valence-electron chi connectivity index (χ0n) is 12.6. The molecule has 0 saturated heterocycles. The molecule has 1 aliphatic rings. The molecule has 24 heavy (non-hydrogen) atoms. The van der Waals surface area contributed by atoms with Crippen molar-refractivity contribution in [1.29, 1.82) is 0 Å². The lowest BCUT2D eigenvalue weighted by atomic mass is 10.1. The number of nitrogens with zero attached hydrogens (tertiary/aromatic N) is 1. The van der Waals surface area contributed by atoms with Crippen molar-refractivity contribution in [2.45, 2.75) is 12.5 Å². The summed E-state index contributed by atoms with van der Waals surface area (Å²) in [5.41, 5.74) is 1.39. The van der Waals surface area contributed by atoms with Gasteiger partial charge in [-0.2, -0.15) is 0 Å². The van der Waals surface area contributed by atoms with E-state index >= 15 is 0 Å². The maximum Gasteiger partial charge on any atom is 0.261 e. The SMILES string of the molecule is O=C1c2ccccc2C(=O)N1[C@H](Cc1ccccc1)CS(=O)(=O)Cl. The van der Waals surface area contributed by atoms with Gasteiger partial charge < -0.3 is 0 Å². The molecule has 0 bridgehead atoms.